The molecule has 0 aliphatic carbocycles. The van der Waals surface area contributed by atoms with Crippen molar-refractivity contribution >= 4 is 50.7 Å². The van der Waals surface area contributed by atoms with Crippen molar-refractivity contribution in [1.29, 1.82) is 0 Å². The summed E-state index contributed by atoms with van der Waals surface area (Å²) in [6, 6.07) is 23.8. The number of carbonyl (C=O) groups excluding carboxylic acids is 2. The number of rotatable bonds is 17. The zero-order chi connectivity index (χ0) is 36.3. The van der Waals surface area contributed by atoms with Gasteiger partial charge in [-0.05, 0) is 73.0 Å². The Morgan fingerprint density at radius 1 is 0.820 bits per heavy atom. The molecule has 0 heterocycles. The van der Waals surface area contributed by atoms with E-state index >= 15 is 0 Å². The van der Waals surface area contributed by atoms with Crippen LogP contribution in [0.3, 0.4) is 0 Å². The highest BCUT2D eigenvalue weighted by molar-refractivity contribution is 7.92. The highest BCUT2D eigenvalue weighted by Gasteiger charge is 2.35. The van der Waals surface area contributed by atoms with Crippen molar-refractivity contribution in [2.75, 3.05) is 38.2 Å². The number of amides is 2. The van der Waals surface area contributed by atoms with Crippen LogP contribution in [0.25, 0.3) is 0 Å². The predicted molar refractivity (Wildman–Crippen MR) is 196 cm³/mol. The number of hydrogen-bond donors (Lipinski definition) is 1. The summed E-state index contributed by atoms with van der Waals surface area (Å²) >= 11 is 12.6. The number of anilines is 1. The van der Waals surface area contributed by atoms with Gasteiger partial charge in [0.05, 0.1) is 41.5 Å². The van der Waals surface area contributed by atoms with Crippen molar-refractivity contribution in [3.8, 4) is 17.2 Å². The van der Waals surface area contributed by atoms with E-state index in [4.69, 9.17) is 37.4 Å². The Hall–Kier alpha value is -4.45. The maximum absolute atomic E-state index is 14.7. The lowest BCUT2D eigenvalue weighted by Gasteiger charge is -2.34. The van der Waals surface area contributed by atoms with Crippen LogP contribution in [-0.2, 0) is 32.6 Å². The molecule has 10 nitrogen and oxygen atoms in total. The topological polar surface area (TPSA) is 114 Å². The number of ether oxygens (including phenoxy) is 3. The molecule has 0 unspecified atom stereocenters. The molecule has 2 amide bonds. The van der Waals surface area contributed by atoms with Crippen molar-refractivity contribution in [2.45, 2.75) is 44.2 Å². The summed E-state index contributed by atoms with van der Waals surface area (Å²) in [7, 11) is -1.55. The van der Waals surface area contributed by atoms with Gasteiger partial charge in [0.15, 0.2) is 11.5 Å². The van der Waals surface area contributed by atoms with E-state index in [2.05, 4.69) is 5.32 Å². The lowest BCUT2D eigenvalue weighted by Crippen LogP contribution is -2.53. The average molecular weight is 743 g/mol. The Balaban J connectivity index is 1.84. The standard InChI is InChI=1S/C37H41Cl2N3O7S/c1-5-20-40-37(44)33(22-26-10-8-7-9-11-26)41(24-27-12-18-31(38)32(39)21-27)36(43)25-42(28-13-15-29(16-14-28)49-6-2)50(45,46)30-17-19-34(47-3)35(23-30)48-4/h7-19,21,23,33H,5-6,20,22,24-25H2,1-4H3,(H,40,44)/t33-/m0/s1. The van der Waals surface area contributed by atoms with E-state index in [1.54, 1.807) is 42.5 Å². The fourth-order valence-electron chi connectivity index (χ4n) is 5.26. The van der Waals surface area contributed by atoms with Crippen molar-refractivity contribution in [3.05, 3.63) is 112 Å². The molecule has 0 spiro atoms. The largest absolute Gasteiger partial charge is 0.494 e. The first-order valence-corrected chi connectivity index (χ1v) is 18.2. The number of benzene rings is 4. The zero-order valence-electron chi connectivity index (χ0n) is 28.4. The van der Waals surface area contributed by atoms with Crippen LogP contribution in [0.5, 0.6) is 17.2 Å². The summed E-state index contributed by atoms with van der Waals surface area (Å²) in [6.45, 7) is 3.88. The number of carbonyl (C=O) groups is 2. The minimum absolute atomic E-state index is 0.0553. The first kappa shape index (κ1) is 38.4. The Kier molecular flexibility index (Phi) is 13.8. The number of nitrogens with one attached hydrogen (secondary N) is 1. The molecule has 0 saturated heterocycles. The number of nitrogens with zero attached hydrogens (tertiary/aromatic N) is 2. The van der Waals surface area contributed by atoms with Gasteiger partial charge in [0, 0.05) is 25.6 Å². The van der Waals surface area contributed by atoms with Crippen LogP contribution in [0.1, 0.15) is 31.4 Å². The summed E-state index contributed by atoms with van der Waals surface area (Å²) in [5.74, 6) is 0.0666. The fraction of sp³-hybridized carbons (Fsp3) is 0.297. The lowest BCUT2D eigenvalue weighted by atomic mass is 10.0. The molecule has 1 N–H and O–H groups in total. The normalized spacial score (nSPS) is 11.7. The van der Waals surface area contributed by atoms with E-state index in [1.165, 1.54) is 37.3 Å². The van der Waals surface area contributed by atoms with Gasteiger partial charge in [-0.25, -0.2) is 8.42 Å². The Morgan fingerprint density at radius 2 is 1.52 bits per heavy atom. The van der Waals surface area contributed by atoms with Crippen molar-refractivity contribution in [2.24, 2.45) is 0 Å². The summed E-state index contributed by atoms with van der Waals surface area (Å²) in [5, 5.41) is 3.53. The smallest absolute Gasteiger partial charge is 0.264 e. The molecule has 13 heteroatoms. The maximum Gasteiger partial charge on any atom is 0.264 e. The molecule has 0 aromatic heterocycles. The van der Waals surface area contributed by atoms with Crippen LogP contribution in [0, 0.1) is 0 Å². The van der Waals surface area contributed by atoms with E-state index in [1.807, 2.05) is 44.2 Å². The molecule has 0 aliphatic heterocycles. The molecule has 266 valence electrons. The third-order valence-corrected chi connectivity index (χ3v) is 10.3. The Morgan fingerprint density at radius 3 is 2.14 bits per heavy atom. The van der Waals surface area contributed by atoms with Gasteiger partial charge in [0.1, 0.15) is 18.3 Å². The molecule has 4 aromatic rings. The molecular formula is C37H41Cl2N3O7S. The highest BCUT2D eigenvalue weighted by Crippen LogP contribution is 2.33. The minimum atomic E-state index is -4.40. The summed E-state index contributed by atoms with van der Waals surface area (Å²) in [5.41, 5.74) is 1.63. The second-order valence-electron chi connectivity index (χ2n) is 11.2. The molecule has 0 bridgehead atoms. The number of methoxy groups -OCH3 is 2. The van der Waals surface area contributed by atoms with Gasteiger partial charge in [0.25, 0.3) is 10.0 Å². The Bertz CT molecular complexity index is 1860. The van der Waals surface area contributed by atoms with Gasteiger partial charge < -0.3 is 24.4 Å². The second kappa shape index (κ2) is 18.0. The lowest BCUT2D eigenvalue weighted by molar-refractivity contribution is -0.140. The molecule has 4 rings (SSSR count). The van der Waals surface area contributed by atoms with Crippen molar-refractivity contribution < 1.29 is 32.2 Å². The predicted octanol–water partition coefficient (Wildman–Crippen LogP) is 6.77. The van der Waals surface area contributed by atoms with E-state index in [0.29, 0.717) is 41.7 Å². The van der Waals surface area contributed by atoms with E-state index in [9.17, 15) is 18.0 Å². The maximum atomic E-state index is 14.7. The average Bonchev–Trinajstić information content (AvgIpc) is 3.12. The second-order valence-corrected chi connectivity index (χ2v) is 13.9. The van der Waals surface area contributed by atoms with Gasteiger partial charge in [-0.1, -0.05) is 66.5 Å². The third kappa shape index (κ3) is 9.62. The van der Waals surface area contributed by atoms with E-state index < -0.39 is 28.5 Å². The van der Waals surface area contributed by atoms with E-state index in [-0.39, 0.29) is 40.2 Å². The minimum Gasteiger partial charge on any atom is -0.494 e. The summed E-state index contributed by atoms with van der Waals surface area (Å²) in [4.78, 5) is 29.8. The Labute approximate surface area is 303 Å². The molecule has 50 heavy (non-hydrogen) atoms. The first-order valence-electron chi connectivity index (χ1n) is 16.0. The van der Waals surface area contributed by atoms with Crippen LogP contribution >= 0.6 is 23.2 Å². The van der Waals surface area contributed by atoms with Crippen LogP contribution in [-0.4, -0.2) is 65.1 Å². The molecule has 1 atom stereocenters. The number of hydrogen-bond acceptors (Lipinski definition) is 7. The van der Waals surface area contributed by atoms with Crippen molar-refractivity contribution in [3.63, 3.8) is 0 Å². The fourth-order valence-corrected chi connectivity index (χ4v) is 7.01. The highest BCUT2D eigenvalue weighted by atomic mass is 35.5. The number of sulfonamides is 1. The molecular weight excluding hydrogens is 701 g/mol. The molecule has 0 saturated carbocycles. The van der Waals surface area contributed by atoms with Crippen LogP contribution in [0.2, 0.25) is 10.0 Å². The zero-order valence-corrected chi connectivity index (χ0v) is 30.7. The van der Waals surface area contributed by atoms with Crippen LogP contribution in [0.4, 0.5) is 5.69 Å². The SMILES string of the molecule is CCCNC(=O)[C@H](Cc1ccccc1)N(Cc1ccc(Cl)c(Cl)c1)C(=O)CN(c1ccc(OCC)cc1)S(=O)(=O)c1ccc(OC)c(OC)c1. The van der Waals surface area contributed by atoms with Gasteiger partial charge in [-0.3, -0.25) is 13.9 Å². The van der Waals surface area contributed by atoms with Crippen LogP contribution in [0.15, 0.2) is 95.9 Å². The summed E-state index contributed by atoms with van der Waals surface area (Å²) < 4.78 is 46.2. The first-order chi connectivity index (χ1) is 24.0. The molecule has 0 aliphatic rings. The van der Waals surface area contributed by atoms with Gasteiger partial charge in [-0.2, -0.15) is 0 Å². The molecule has 4 aromatic carbocycles. The third-order valence-electron chi connectivity index (χ3n) is 7.81. The summed E-state index contributed by atoms with van der Waals surface area (Å²) in [6.07, 6.45) is 0.856. The van der Waals surface area contributed by atoms with Crippen molar-refractivity contribution in [1.82, 2.24) is 10.2 Å². The van der Waals surface area contributed by atoms with Gasteiger partial charge in [-0.15, -0.1) is 0 Å². The molecule has 0 radical (unpaired) electrons. The molecule has 0 fully saturated rings. The monoisotopic (exact) mass is 741 g/mol. The van der Waals surface area contributed by atoms with E-state index in [0.717, 1.165) is 9.87 Å². The quantitative estimate of drug-likeness (QED) is 0.127. The van der Waals surface area contributed by atoms with Crippen LogP contribution < -0.4 is 23.8 Å². The van der Waals surface area contributed by atoms with Gasteiger partial charge in [0.2, 0.25) is 11.8 Å². The van der Waals surface area contributed by atoms with Gasteiger partial charge >= 0.3 is 0 Å². The number of halogens is 2.